The van der Waals surface area contributed by atoms with Crippen molar-refractivity contribution >= 4 is 47.0 Å². The molecular formula is C81H101ClF2N16O12. The normalized spacial score (nSPS) is 11.8. The van der Waals surface area contributed by atoms with Crippen LogP contribution >= 0.6 is 11.6 Å². The Morgan fingerprint density at radius 3 is 1.38 bits per heavy atom. The Balaban J connectivity index is 0.000000242. The number of nitrogens with one attached hydrogen (secondary N) is 6. The molecule has 6 heterocycles. The first kappa shape index (κ1) is 90.7. The van der Waals surface area contributed by atoms with Crippen molar-refractivity contribution in [2.75, 3.05) is 0 Å². The van der Waals surface area contributed by atoms with E-state index in [9.17, 15) is 66.3 Å². The Bertz CT molecular complexity index is 5190. The highest BCUT2D eigenvalue weighted by molar-refractivity contribution is 6.30. The van der Waals surface area contributed by atoms with Gasteiger partial charge in [-0.05, 0) is 222 Å². The Kier molecular flexibility index (Phi) is 31.7. The largest absolute Gasteiger partial charge is 0.348 e. The molecular weight excluding hydrogens is 1460 g/mol. The second-order valence-corrected chi connectivity index (χ2v) is 32.1. The molecule has 31 heteroatoms. The molecule has 6 amide bonds. The summed E-state index contributed by atoms with van der Waals surface area (Å²) in [4.78, 5) is 156. The first-order chi connectivity index (χ1) is 51.9. The number of carbonyl (C=O) groups is 6. The second-order valence-electron chi connectivity index (χ2n) is 31.7. The van der Waals surface area contributed by atoms with Crippen molar-refractivity contribution < 1.29 is 37.5 Å². The Labute approximate surface area is 653 Å². The van der Waals surface area contributed by atoms with E-state index in [-0.39, 0.29) is 79.0 Å². The fourth-order valence-electron chi connectivity index (χ4n) is 9.67. The van der Waals surface area contributed by atoms with Crippen LogP contribution in [0.1, 0.15) is 204 Å². The van der Waals surface area contributed by atoms with E-state index >= 15 is 0 Å². The van der Waals surface area contributed by atoms with Crippen LogP contribution in [-0.2, 0) is 27.2 Å². The van der Waals surface area contributed by atoms with Gasteiger partial charge in [0, 0.05) is 110 Å². The van der Waals surface area contributed by atoms with Crippen LogP contribution in [0.4, 0.5) is 8.78 Å². The van der Waals surface area contributed by atoms with Gasteiger partial charge in [0.05, 0.1) is 22.9 Å². The maximum atomic E-state index is 13.0. The minimum absolute atomic E-state index is 0.00536. The van der Waals surface area contributed by atoms with Crippen molar-refractivity contribution in [2.24, 2.45) is 20.0 Å². The Morgan fingerprint density at radius 1 is 0.464 bits per heavy atom. The Hall–Kier alpha value is -12.0. The lowest BCUT2D eigenvalue weighted by Crippen LogP contribution is -2.44. The predicted octanol–water partition coefficient (Wildman–Crippen LogP) is 9.20. The third kappa shape index (κ3) is 29.8. The summed E-state index contributed by atoms with van der Waals surface area (Å²) < 4.78 is 34.0. The van der Waals surface area contributed by atoms with Gasteiger partial charge >= 0.3 is 0 Å². The molecule has 9 aromatic rings. The number of amides is 6. The average Bonchev–Trinajstić information content (AvgIpc) is 1.29. The van der Waals surface area contributed by atoms with Gasteiger partial charge in [-0.3, -0.25) is 62.1 Å². The molecule has 0 saturated heterocycles. The van der Waals surface area contributed by atoms with E-state index in [0.29, 0.717) is 41.1 Å². The van der Waals surface area contributed by atoms with E-state index < -0.39 is 68.9 Å². The van der Waals surface area contributed by atoms with Crippen LogP contribution in [0.2, 0.25) is 5.02 Å². The zero-order valence-corrected chi connectivity index (χ0v) is 67.7. The van der Waals surface area contributed by atoms with Gasteiger partial charge in [-0.2, -0.15) is 9.78 Å². The summed E-state index contributed by atoms with van der Waals surface area (Å²) in [7, 11) is 3.20. The average molecular weight is 1560 g/mol. The number of hydrogen-bond acceptors (Lipinski definition) is 16. The van der Waals surface area contributed by atoms with Gasteiger partial charge in [0.1, 0.15) is 28.3 Å². The molecule has 0 unspecified atom stereocenters. The first-order valence-electron chi connectivity index (χ1n) is 35.7. The van der Waals surface area contributed by atoms with Crippen molar-refractivity contribution in [3.05, 3.63) is 277 Å². The lowest BCUT2D eigenvalue weighted by molar-refractivity contribution is 0.0902. The number of nitrogens with zero attached hydrogens (tertiary/aromatic N) is 10. The van der Waals surface area contributed by atoms with E-state index in [1.807, 2.05) is 148 Å². The molecule has 6 aromatic heterocycles. The van der Waals surface area contributed by atoms with Gasteiger partial charge < -0.3 is 50.2 Å². The summed E-state index contributed by atoms with van der Waals surface area (Å²) in [5.41, 5.74) is -2.16. The molecule has 0 radical (unpaired) electrons. The number of aromatic nitrogens is 10. The zero-order chi connectivity index (χ0) is 84.1. The number of benzene rings is 3. The Morgan fingerprint density at radius 2 is 0.893 bits per heavy atom. The van der Waals surface area contributed by atoms with E-state index in [1.54, 1.807) is 50.2 Å². The third-order valence-corrected chi connectivity index (χ3v) is 15.0. The summed E-state index contributed by atoms with van der Waals surface area (Å²) in [5.74, 6) is -2.79. The molecule has 3 aromatic carbocycles. The highest BCUT2D eigenvalue weighted by atomic mass is 35.5. The summed E-state index contributed by atoms with van der Waals surface area (Å²) in [6, 6.07) is 26.4. The fourth-order valence-corrected chi connectivity index (χ4v) is 9.90. The summed E-state index contributed by atoms with van der Waals surface area (Å²) in [6.07, 6.45) is 14.4. The molecule has 112 heavy (non-hydrogen) atoms. The number of pyridine rings is 2. The molecule has 0 bridgehead atoms. The van der Waals surface area contributed by atoms with Crippen LogP contribution in [0.15, 0.2) is 181 Å². The van der Waals surface area contributed by atoms with Crippen LogP contribution in [-0.4, -0.2) is 117 Å². The van der Waals surface area contributed by atoms with Gasteiger partial charge in [0.15, 0.2) is 17.1 Å². The number of hydrogen-bond donors (Lipinski definition) is 6. The van der Waals surface area contributed by atoms with Gasteiger partial charge in [-0.25, -0.2) is 23.7 Å². The van der Waals surface area contributed by atoms with E-state index in [0.717, 1.165) is 23.1 Å². The summed E-state index contributed by atoms with van der Waals surface area (Å²) in [6.45, 7) is 34.1. The number of carbonyl (C=O) groups excluding carboxylic acids is 6. The standard InChI is InChI=1S/C17H19ClN2O2.C16H18FN3O2.C15H16FN3O2.C13H19N3O2.C11H16N2O2.C9H13N3O2/c1-17(2,3)19-15(21)14-9-13(18)11-20(16(14)22)10-12-7-5-4-6-8-12;1-10-9-13(14(21)18-16(2,3)4)15(22)20(19-10)12-7-5-11(17)6-8-12;1-15(2,3)18-13(20)12-14(21)19(9-8-17-12)11-6-4-10(16)5-7-11;1-13(2,3)15-11(17)10-12(18)16(7-6-14-10)8-9-4-5-9;1-11(2,3)12-9(14)8-6-5-7-13(4)10(8)15;1-6(2)11-8(13)7-9(14)12(3)5-4-10-7/h4-9,11H,10H2,1-3H3,(H,19,21);5-9H,1-4H3,(H,18,21);4-9H,1-3H3,(H,18,20);6-7,9H,4-5,8H2,1-3H3,(H,15,17);5-7H,1-4H3,(H,12,14);4-6H,1-3H3,(H,11,13). The monoisotopic (exact) mass is 1560 g/mol. The molecule has 1 saturated carbocycles. The zero-order valence-electron chi connectivity index (χ0n) is 66.9. The molecule has 598 valence electrons. The lowest BCUT2D eigenvalue weighted by Gasteiger charge is -2.20. The molecule has 1 fully saturated rings. The summed E-state index contributed by atoms with van der Waals surface area (Å²) in [5, 5.41) is 20.8. The number of rotatable bonds is 13. The second kappa shape index (κ2) is 39.1. The van der Waals surface area contributed by atoms with E-state index in [2.05, 4.69) is 52.0 Å². The van der Waals surface area contributed by atoms with Crippen molar-refractivity contribution in [3.63, 3.8) is 0 Å². The minimum atomic E-state index is -0.550. The topological polar surface area (TPSA) is 358 Å². The summed E-state index contributed by atoms with van der Waals surface area (Å²) >= 11 is 6.06. The highest BCUT2D eigenvalue weighted by Gasteiger charge is 2.27. The van der Waals surface area contributed by atoms with Crippen LogP contribution in [0.25, 0.3) is 11.4 Å². The van der Waals surface area contributed by atoms with Gasteiger partial charge in [-0.1, -0.05) is 41.9 Å². The molecule has 10 rings (SSSR count). The van der Waals surface area contributed by atoms with Crippen LogP contribution in [0.5, 0.6) is 0 Å². The molecule has 1 aliphatic rings. The maximum absolute atomic E-state index is 13.0. The molecule has 0 atom stereocenters. The van der Waals surface area contributed by atoms with Crippen LogP contribution < -0.4 is 65.3 Å². The third-order valence-electron chi connectivity index (χ3n) is 14.7. The van der Waals surface area contributed by atoms with Crippen molar-refractivity contribution in [2.45, 2.75) is 184 Å². The van der Waals surface area contributed by atoms with Gasteiger partial charge in [0.25, 0.3) is 68.8 Å². The van der Waals surface area contributed by atoms with Crippen LogP contribution in [0.3, 0.4) is 0 Å². The lowest BCUT2D eigenvalue weighted by atomic mass is 10.1. The van der Waals surface area contributed by atoms with Gasteiger partial charge in [0.2, 0.25) is 0 Å². The van der Waals surface area contributed by atoms with E-state index in [4.69, 9.17) is 11.6 Å². The van der Waals surface area contributed by atoms with E-state index in [1.165, 1.54) is 116 Å². The molecule has 28 nitrogen and oxygen atoms in total. The van der Waals surface area contributed by atoms with Crippen molar-refractivity contribution in [1.82, 2.24) is 79.5 Å². The van der Waals surface area contributed by atoms with Crippen molar-refractivity contribution in [3.8, 4) is 11.4 Å². The fraction of sp³-hybridized carbons (Fsp3) is 0.383. The first-order valence-corrected chi connectivity index (χ1v) is 36.1. The quantitative estimate of drug-likeness (QED) is 0.0626. The number of halogens is 3. The van der Waals surface area contributed by atoms with Crippen LogP contribution in [0, 0.1) is 24.5 Å². The minimum Gasteiger partial charge on any atom is -0.348 e. The molecule has 0 aliphatic heterocycles. The molecule has 6 N–H and O–H groups in total. The smallest absolute Gasteiger partial charge is 0.286 e. The van der Waals surface area contributed by atoms with Gasteiger partial charge in [-0.15, -0.1) is 0 Å². The SMILES string of the molecule is CC(C)(C)NC(=O)c1cc(Cl)cn(Cc2ccccc2)c1=O.CC(C)(C)NC(=O)c1nccn(-c2ccc(F)cc2)c1=O.CC(C)(C)NC(=O)c1nccn(CC2CC2)c1=O.CC(C)NC(=O)c1nccn(C)c1=O.Cc1cc(C(=O)NC(C)(C)C)c(=O)n(-c2ccc(F)cc2)n1.Cn1cccc(C(=O)NC(C)(C)C)c1=O. The molecule has 0 spiro atoms. The highest BCUT2D eigenvalue weighted by Crippen LogP contribution is 2.30. The van der Waals surface area contributed by atoms with Crippen molar-refractivity contribution in [1.29, 1.82) is 0 Å². The number of aryl methyl sites for hydroxylation is 3. The maximum Gasteiger partial charge on any atom is 0.286 e. The predicted molar refractivity (Wildman–Crippen MR) is 427 cm³/mol. The molecule has 1 aliphatic carbocycles.